The van der Waals surface area contributed by atoms with Crippen molar-refractivity contribution in [1.29, 1.82) is 0 Å². The van der Waals surface area contributed by atoms with Gasteiger partial charge in [-0.3, -0.25) is 4.79 Å². The molecule has 1 amide bonds. The maximum Gasteiger partial charge on any atom is 0.251 e. The molecule has 3 N–H and O–H groups in total. The molecule has 18 heavy (non-hydrogen) atoms. The van der Waals surface area contributed by atoms with E-state index < -0.39 is 0 Å². The van der Waals surface area contributed by atoms with Gasteiger partial charge in [0.05, 0.1) is 0 Å². The fourth-order valence-corrected chi connectivity index (χ4v) is 1.70. The Balaban J connectivity index is 2.30. The third-order valence-electron chi connectivity index (χ3n) is 2.85. The van der Waals surface area contributed by atoms with E-state index in [1.54, 1.807) is 25.1 Å². The second-order valence-corrected chi connectivity index (χ2v) is 4.42. The highest BCUT2D eigenvalue weighted by Gasteiger charge is 2.06. The molecule has 0 spiro atoms. The van der Waals surface area contributed by atoms with Gasteiger partial charge in [0.25, 0.3) is 5.91 Å². The van der Waals surface area contributed by atoms with Crippen LogP contribution in [0.15, 0.2) is 18.2 Å². The van der Waals surface area contributed by atoms with Gasteiger partial charge < -0.3 is 15.7 Å². The highest BCUT2D eigenvalue weighted by molar-refractivity contribution is 5.94. The third kappa shape index (κ3) is 4.75. The number of nitrogens with one attached hydrogen (secondary N) is 2. The largest absolute Gasteiger partial charge is 0.508 e. The highest BCUT2D eigenvalue weighted by atomic mass is 16.3. The summed E-state index contributed by atoms with van der Waals surface area (Å²) >= 11 is 0. The third-order valence-corrected chi connectivity index (χ3v) is 2.85. The SMILES string of the molecule is CNCCCCCNC(=O)c1ccc(O)c(C)c1. The lowest BCUT2D eigenvalue weighted by Gasteiger charge is -2.06. The normalized spacial score (nSPS) is 10.3. The molecule has 0 radical (unpaired) electrons. The Morgan fingerprint density at radius 2 is 1.94 bits per heavy atom. The minimum Gasteiger partial charge on any atom is -0.508 e. The van der Waals surface area contributed by atoms with Gasteiger partial charge in [-0.05, 0) is 57.1 Å². The number of carbonyl (C=O) groups is 1. The average Bonchev–Trinajstić information content (AvgIpc) is 2.36. The van der Waals surface area contributed by atoms with Crippen molar-refractivity contribution in [3.63, 3.8) is 0 Å². The fourth-order valence-electron chi connectivity index (χ4n) is 1.70. The van der Waals surface area contributed by atoms with Crippen LogP contribution in [0.25, 0.3) is 0 Å². The molecule has 4 heteroatoms. The van der Waals surface area contributed by atoms with Gasteiger partial charge in [-0.25, -0.2) is 0 Å². The summed E-state index contributed by atoms with van der Waals surface area (Å²) in [7, 11) is 1.94. The first-order valence-corrected chi connectivity index (χ1v) is 6.37. The van der Waals surface area contributed by atoms with Crippen molar-refractivity contribution in [3.05, 3.63) is 29.3 Å². The first-order chi connectivity index (χ1) is 8.65. The molecule has 0 bridgehead atoms. The maximum absolute atomic E-state index is 11.8. The van der Waals surface area contributed by atoms with Crippen LogP contribution in [-0.2, 0) is 0 Å². The van der Waals surface area contributed by atoms with E-state index in [1.165, 1.54) is 0 Å². The topological polar surface area (TPSA) is 61.4 Å². The quantitative estimate of drug-likeness (QED) is 0.647. The van der Waals surface area contributed by atoms with Crippen LogP contribution in [0.1, 0.15) is 35.2 Å². The second-order valence-electron chi connectivity index (χ2n) is 4.42. The molecule has 1 aromatic carbocycles. The number of amides is 1. The van der Waals surface area contributed by atoms with Crippen LogP contribution in [0.2, 0.25) is 0 Å². The summed E-state index contributed by atoms with van der Waals surface area (Å²) in [6, 6.07) is 4.89. The Hall–Kier alpha value is -1.55. The van der Waals surface area contributed by atoms with E-state index in [0.29, 0.717) is 12.1 Å². The van der Waals surface area contributed by atoms with E-state index in [1.807, 2.05) is 7.05 Å². The summed E-state index contributed by atoms with van der Waals surface area (Å²) in [5.74, 6) is 0.144. The van der Waals surface area contributed by atoms with Gasteiger partial charge >= 0.3 is 0 Å². The minimum absolute atomic E-state index is 0.0771. The molecule has 0 heterocycles. The first-order valence-electron chi connectivity index (χ1n) is 6.37. The fraction of sp³-hybridized carbons (Fsp3) is 0.500. The van der Waals surface area contributed by atoms with Gasteiger partial charge in [0.15, 0.2) is 0 Å². The average molecular weight is 250 g/mol. The summed E-state index contributed by atoms with van der Waals surface area (Å²) in [6.07, 6.45) is 3.23. The van der Waals surface area contributed by atoms with Crippen molar-refractivity contribution in [1.82, 2.24) is 10.6 Å². The van der Waals surface area contributed by atoms with Crippen LogP contribution in [0.3, 0.4) is 0 Å². The van der Waals surface area contributed by atoms with Gasteiger partial charge in [0.1, 0.15) is 5.75 Å². The van der Waals surface area contributed by atoms with E-state index >= 15 is 0 Å². The molecule has 100 valence electrons. The molecule has 0 aliphatic heterocycles. The number of rotatable bonds is 7. The molecule has 0 saturated heterocycles. The lowest BCUT2D eigenvalue weighted by Crippen LogP contribution is -2.24. The zero-order chi connectivity index (χ0) is 13.4. The monoisotopic (exact) mass is 250 g/mol. The van der Waals surface area contributed by atoms with Crippen molar-refractivity contribution in [3.8, 4) is 5.75 Å². The van der Waals surface area contributed by atoms with Crippen molar-refractivity contribution < 1.29 is 9.90 Å². The van der Waals surface area contributed by atoms with Crippen LogP contribution >= 0.6 is 0 Å². The maximum atomic E-state index is 11.8. The molecule has 4 nitrogen and oxygen atoms in total. The van der Waals surface area contributed by atoms with Crippen molar-refractivity contribution in [2.24, 2.45) is 0 Å². The summed E-state index contributed by atoms with van der Waals surface area (Å²) in [5, 5.41) is 15.4. The Bertz CT molecular complexity index is 391. The molecule has 0 aliphatic carbocycles. The zero-order valence-electron chi connectivity index (χ0n) is 11.1. The summed E-state index contributed by atoms with van der Waals surface area (Å²) in [4.78, 5) is 11.8. The predicted molar refractivity (Wildman–Crippen MR) is 73.0 cm³/mol. The molecule has 0 atom stereocenters. The highest BCUT2D eigenvalue weighted by Crippen LogP contribution is 2.16. The van der Waals surface area contributed by atoms with Gasteiger partial charge in [-0.15, -0.1) is 0 Å². The molecule has 0 fully saturated rings. The Kier molecular flexibility index (Phi) is 6.22. The van der Waals surface area contributed by atoms with Gasteiger partial charge in [-0.1, -0.05) is 6.42 Å². The van der Waals surface area contributed by atoms with E-state index in [-0.39, 0.29) is 11.7 Å². The zero-order valence-corrected chi connectivity index (χ0v) is 11.1. The molecule has 0 aliphatic rings. The van der Waals surface area contributed by atoms with E-state index in [2.05, 4.69) is 10.6 Å². The lowest BCUT2D eigenvalue weighted by molar-refractivity contribution is 0.0953. The Morgan fingerprint density at radius 3 is 2.61 bits per heavy atom. The van der Waals surface area contributed by atoms with Crippen LogP contribution in [0, 0.1) is 6.92 Å². The van der Waals surface area contributed by atoms with Gasteiger partial charge in [-0.2, -0.15) is 0 Å². The standard InChI is InChI=1S/C14H22N2O2/c1-11-10-12(6-7-13(11)17)14(18)16-9-5-3-4-8-15-2/h6-7,10,15,17H,3-5,8-9H2,1-2H3,(H,16,18). The van der Waals surface area contributed by atoms with Crippen LogP contribution in [0.4, 0.5) is 0 Å². The summed E-state index contributed by atoms with van der Waals surface area (Å²) < 4.78 is 0. The van der Waals surface area contributed by atoms with Crippen molar-refractivity contribution in [2.75, 3.05) is 20.1 Å². The second kappa shape index (κ2) is 7.71. The van der Waals surface area contributed by atoms with Gasteiger partial charge in [0.2, 0.25) is 0 Å². The summed E-state index contributed by atoms with van der Waals surface area (Å²) in [5.41, 5.74) is 1.32. The van der Waals surface area contributed by atoms with Crippen LogP contribution in [0.5, 0.6) is 5.75 Å². The van der Waals surface area contributed by atoms with Crippen molar-refractivity contribution >= 4 is 5.91 Å². The molecular weight excluding hydrogens is 228 g/mol. The molecule has 0 aromatic heterocycles. The van der Waals surface area contributed by atoms with Gasteiger partial charge in [0, 0.05) is 12.1 Å². The first kappa shape index (κ1) is 14.5. The molecule has 1 aromatic rings. The van der Waals surface area contributed by atoms with E-state index in [0.717, 1.165) is 31.4 Å². The number of benzene rings is 1. The number of unbranched alkanes of at least 4 members (excludes halogenated alkanes) is 2. The van der Waals surface area contributed by atoms with Crippen LogP contribution in [-0.4, -0.2) is 31.2 Å². The smallest absolute Gasteiger partial charge is 0.251 e. The number of aromatic hydroxyl groups is 1. The van der Waals surface area contributed by atoms with Crippen molar-refractivity contribution in [2.45, 2.75) is 26.2 Å². The Labute approximate surface area is 108 Å². The number of hydrogen-bond acceptors (Lipinski definition) is 3. The van der Waals surface area contributed by atoms with Crippen LogP contribution < -0.4 is 10.6 Å². The number of aryl methyl sites for hydroxylation is 1. The number of carbonyl (C=O) groups excluding carboxylic acids is 1. The number of phenolic OH excluding ortho intramolecular Hbond substituents is 1. The Morgan fingerprint density at radius 1 is 1.22 bits per heavy atom. The molecule has 0 unspecified atom stereocenters. The molecule has 1 rings (SSSR count). The number of phenols is 1. The lowest BCUT2D eigenvalue weighted by atomic mass is 10.1. The van der Waals surface area contributed by atoms with E-state index in [9.17, 15) is 9.90 Å². The minimum atomic E-state index is -0.0771. The molecular formula is C14H22N2O2. The number of hydrogen-bond donors (Lipinski definition) is 3. The summed E-state index contributed by atoms with van der Waals surface area (Å²) in [6.45, 7) is 3.50. The van der Waals surface area contributed by atoms with E-state index in [4.69, 9.17) is 0 Å². The predicted octanol–water partition coefficient (Wildman–Crippen LogP) is 1.82. The molecule has 0 saturated carbocycles.